The fraction of sp³-hybridized carbons (Fsp3) is 0.500. The van der Waals surface area contributed by atoms with Crippen LogP contribution in [0.25, 0.3) is 0 Å². The molecule has 0 bridgehead atoms. The Morgan fingerprint density at radius 3 is 2.24 bits per heavy atom. The van der Waals surface area contributed by atoms with E-state index in [-0.39, 0.29) is 16.8 Å². The van der Waals surface area contributed by atoms with E-state index in [1.165, 1.54) is 0 Å². The number of carbonyl (C=O) groups is 1. The van der Waals surface area contributed by atoms with Crippen LogP contribution < -0.4 is 5.32 Å². The fourth-order valence-corrected chi connectivity index (χ4v) is 2.41. The maximum absolute atomic E-state index is 12.1. The zero-order valence-corrected chi connectivity index (χ0v) is 12.2. The van der Waals surface area contributed by atoms with E-state index in [1.807, 2.05) is 43.9 Å². The van der Waals surface area contributed by atoms with Crippen molar-refractivity contribution in [2.75, 3.05) is 6.66 Å². The van der Waals surface area contributed by atoms with E-state index in [0.29, 0.717) is 0 Å². The largest absolute Gasteiger partial charge is 0.346 e. The molecule has 94 valence electrons. The van der Waals surface area contributed by atoms with Crippen molar-refractivity contribution >= 4 is 13.6 Å². The van der Waals surface area contributed by atoms with Crippen molar-refractivity contribution in [2.45, 2.75) is 38.9 Å². The first-order chi connectivity index (χ1) is 7.82. The zero-order chi connectivity index (χ0) is 13.1. The summed E-state index contributed by atoms with van der Waals surface area (Å²) < 4.78 is 0. The molecule has 1 aromatic carbocycles. The van der Waals surface area contributed by atoms with E-state index in [9.17, 15) is 4.79 Å². The molecule has 0 fully saturated rings. The van der Waals surface area contributed by atoms with Gasteiger partial charge < -0.3 is 5.32 Å². The molecular formula is C14H22NOP. The topological polar surface area (TPSA) is 29.1 Å². The summed E-state index contributed by atoms with van der Waals surface area (Å²) in [4.78, 5) is 12.1. The van der Waals surface area contributed by atoms with Gasteiger partial charge in [0.15, 0.2) is 0 Å². The first kappa shape index (κ1) is 14.2. The van der Waals surface area contributed by atoms with Gasteiger partial charge in [0.1, 0.15) is 0 Å². The van der Waals surface area contributed by atoms with Crippen molar-refractivity contribution in [2.24, 2.45) is 0 Å². The molecule has 2 nitrogen and oxygen atoms in total. The molecule has 1 unspecified atom stereocenters. The number of hydrogen-bond donors (Lipinski definition) is 1. The monoisotopic (exact) mass is 251 g/mol. The van der Waals surface area contributed by atoms with Crippen LogP contribution in [0.15, 0.2) is 30.3 Å². The Kier molecular flexibility index (Phi) is 4.70. The summed E-state index contributed by atoms with van der Waals surface area (Å²) in [6.45, 7) is 10.4. The van der Waals surface area contributed by atoms with Crippen LogP contribution in [0, 0.1) is 0 Å². The molecule has 0 aliphatic heterocycles. The first-order valence-electron chi connectivity index (χ1n) is 5.91. The van der Waals surface area contributed by atoms with Gasteiger partial charge in [0.05, 0.1) is 6.04 Å². The van der Waals surface area contributed by atoms with Crippen LogP contribution in [0.1, 0.15) is 39.3 Å². The molecule has 0 aliphatic rings. The van der Waals surface area contributed by atoms with Gasteiger partial charge in [-0.15, -0.1) is 0 Å². The third kappa shape index (κ3) is 4.12. The molecule has 1 rings (SSSR count). The lowest BCUT2D eigenvalue weighted by Crippen LogP contribution is -2.28. The molecule has 0 saturated heterocycles. The predicted molar refractivity (Wildman–Crippen MR) is 76.0 cm³/mol. The van der Waals surface area contributed by atoms with Gasteiger partial charge in [0.25, 0.3) is 0 Å². The number of hydrogen-bond acceptors (Lipinski definition) is 1. The van der Waals surface area contributed by atoms with Gasteiger partial charge in [-0.1, -0.05) is 51.1 Å². The summed E-state index contributed by atoms with van der Waals surface area (Å²) in [5.74, 6) is 0. The maximum Gasteiger partial charge on any atom is 0.241 e. The number of amides is 1. The molecule has 1 N–H and O–H groups in total. The Morgan fingerprint density at radius 1 is 1.24 bits per heavy atom. The number of benzene rings is 1. The molecule has 2 atom stereocenters. The van der Waals surface area contributed by atoms with Crippen LogP contribution in [-0.2, 0) is 0 Å². The van der Waals surface area contributed by atoms with E-state index in [4.69, 9.17) is 0 Å². The maximum atomic E-state index is 12.1. The molecule has 1 aromatic rings. The smallest absolute Gasteiger partial charge is 0.241 e. The highest BCUT2D eigenvalue weighted by atomic mass is 31.1. The highest BCUT2D eigenvalue weighted by Crippen LogP contribution is 2.46. The molecule has 3 heteroatoms. The average molecular weight is 251 g/mol. The van der Waals surface area contributed by atoms with Gasteiger partial charge in [-0.3, -0.25) is 4.79 Å². The predicted octanol–water partition coefficient (Wildman–Crippen LogP) is 4.37. The molecule has 0 saturated carbocycles. The molecule has 17 heavy (non-hydrogen) atoms. The van der Waals surface area contributed by atoms with E-state index in [1.54, 1.807) is 0 Å². The Morgan fingerprint density at radius 2 is 1.76 bits per heavy atom. The van der Waals surface area contributed by atoms with Crippen LogP contribution in [0.4, 0.5) is 4.79 Å². The second-order valence-electron chi connectivity index (χ2n) is 5.31. The molecule has 0 spiro atoms. The average Bonchev–Trinajstić information content (AvgIpc) is 2.27. The van der Waals surface area contributed by atoms with Gasteiger partial charge in [0.2, 0.25) is 5.65 Å². The van der Waals surface area contributed by atoms with Gasteiger partial charge in [-0.2, -0.15) is 0 Å². The third-order valence-corrected chi connectivity index (χ3v) is 5.70. The quantitative estimate of drug-likeness (QED) is 0.794. The summed E-state index contributed by atoms with van der Waals surface area (Å²) in [7, 11) is -0.656. The van der Waals surface area contributed by atoms with Crippen LogP contribution >= 0.6 is 7.92 Å². The van der Waals surface area contributed by atoms with Crippen molar-refractivity contribution in [3.8, 4) is 0 Å². The highest BCUT2D eigenvalue weighted by Gasteiger charge is 2.27. The summed E-state index contributed by atoms with van der Waals surface area (Å²) >= 11 is 0. The first-order valence-corrected chi connectivity index (χ1v) is 7.70. The van der Waals surface area contributed by atoms with E-state index < -0.39 is 7.92 Å². The van der Waals surface area contributed by atoms with Crippen LogP contribution in [0.2, 0.25) is 0 Å². The van der Waals surface area contributed by atoms with E-state index >= 15 is 0 Å². The lowest BCUT2D eigenvalue weighted by molar-refractivity contribution is 0.257. The molecule has 0 heterocycles. The lowest BCUT2D eigenvalue weighted by atomic mass is 10.1. The second-order valence-corrected chi connectivity index (χ2v) is 8.18. The van der Waals surface area contributed by atoms with Crippen LogP contribution in [-0.4, -0.2) is 17.5 Å². The zero-order valence-electron chi connectivity index (χ0n) is 11.3. The summed E-state index contributed by atoms with van der Waals surface area (Å²) in [5.41, 5.74) is 1.34. The summed E-state index contributed by atoms with van der Waals surface area (Å²) in [6, 6.07) is 10.1. The number of carbonyl (C=O) groups excluding carboxylic acids is 1. The minimum Gasteiger partial charge on any atom is -0.346 e. The van der Waals surface area contributed by atoms with Gasteiger partial charge in [0, 0.05) is 0 Å². The second kappa shape index (κ2) is 5.64. The number of nitrogens with one attached hydrogen (secondary N) is 1. The van der Waals surface area contributed by atoms with Crippen molar-refractivity contribution in [1.82, 2.24) is 5.32 Å². The van der Waals surface area contributed by atoms with Gasteiger partial charge in [-0.25, -0.2) is 0 Å². The SMILES string of the molecule is C[C@H](NC(=O)P(C)C(C)(C)C)c1ccccc1. The molecule has 0 radical (unpaired) electrons. The Bertz CT molecular complexity index is 370. The third-order valence-electron chi connectivity index (χ3n) is 2.95. The highest BCUT2D eigenvalue weighted by molar-refractivity contribution is 7.75. The van der Waals surface area contributed by atoms with E-state index in [0.717, 1.165) is 5.56 Å². The van der Waals surface area contributed by atoms with Crippen LogP contribution in [0.5, 0.6) is 0 Å². The fourth-order valence-electron chi connectivity index (χ4n) is 1.41. The molecule has 0 aromatic heterocycles. The van der Waals surface area contributed by atoms with Gasteiger partial charge >= 0.3 is 0 Å². The normalized spacial score (nSPS) is 15.1. The standard InChI is InChI=1S/C14H22NOP/c1-11(12-9-7-6-8-10-12)15-13(16)17(5)14(2,3)4/h6-11H,1-5H3,(H,15,16)/t11-,17?/m0/s1. The lowest BCUT2D eigenvalue weighted by Gasteiger charge is -2.28. The minimum atomic E-state index is -0.656. The Balaban J connectivity index is 2.64. The van der Waals surface area contributed by atoms with Crippen molar-refractivity contribution in [1.29, 1.82) is 0 Å². The van der Waals surface area contributed by atoms with Crippen molar-refractivity contribution in [3.05, 3.63) is 35.9 Å². The summed E-state index contributed by atoms with van der Waals surface area (Å²) in [6.07, 6.45) is 0. The van der Waals surface area contributed by atoms with Crippen molar-refractivity contribution in [3.63, 3.8) is 0 Å². The minimum absolute atomic E-state index is 0.0653. The summed E-state index contributed by atoms with van der Waals surface area (Å²) in [5, 5.41) is 3.16. The molecule has 0 aliphatic carbocycles. The van der Waals surface area contributed by atoms with Gasteiger partial charge in [-0.05, 0) is 32.2 Å². The molecule has 1 amide bonds. The molecular weight excluding hydrogens is 229 g/mol. The number of rotatable bonds is 3. The Labute approximate surface area is 106 Å². The Hall–Kier alpha value is -0.880. The van der Waals surface area contributed by atoms with Crippen molar-refractivity contribution < 1.29 is 4.79 Å². The van der Waals surface area contributed by atoms with Crippen LogP contribution in [0.3, 0.4) is 0 Å². The van der Waals surface area contributed by atoms with E-state index in [2.05, 4.69) is 26.1 Å².